The van der Waals surface area contributed by atoms with Gasteiger partial charge in [0, 0.05) is 36.6 Å². The largest absolute Gasteiger partial charge is 0.488 e. The summed E-state index contributed by atoms with van der Waals surface area (Å²) in [6.45, 7) is 1.97. The van der Waals surface area contributed by atoms with E-state index < -0.39 is 16.0 Å². The second-order valence-electron chi connectivity index (χ2n) is 10.2. The molecule has 6 rings (SSSR count). The van der Waals surface area contributed by atoms with Gasteiger partial charge in [-0.2, -0.15) is 8.70 Å². The number of thiazole rings is 1. The maximum absolute atomic E-state index is 13.5. The van der Waals surface area contributed by atoms with Gasteiger partial charge < -0.3 is 14.2 Å². The minimum absolute atomic E-state index is 0.0871. The van der Waals surface area contributed by atoms with Crippen LogP contribution < -0.4 is 15.0 Å². The summed E-state index contributed by atoms with van der Waals surface area (Å²) in [4.78, 5) is 23.7. The number of carbonyl (C=O) groups is 1. The highest BCUT2D eigenvalue weighted by atomic mass is 32.2. The highest BCUT2D eigenvalue weighted by Crippen LogP contribution is 2.38. The number of anilines is 2. The van der Waals surface area contributed by atoms with E-state index in [4.69, 9.17) is 9.72 Å². The van der Waals surface area contributed by atoms with Gasteiger partial charge in [0.2, 0.25) is 16.0 Å². The molecule has 0 unspecified atom stereocenters. The number of sulfonamides is 1. The van der Waals surface area contributed by atoms with Gasteiger partial charge in [0.15, 0.2) is 5.13 Å². The van der Waals surface area contributed by atoms with Crippen LogP contribution >= 0.6 is 11.3 Å². The van der Waals surface area contributed by atoms with E-state index in [0.29, 0.717) is 41.8 Å². The molecule has 0 radical (unpaired) electrons. The Morgan fingerprint density at radius 3 is 2.76 bits per heavy atom. The molecule has 1 aromatic carbocycles. The van der Waals surface area contributed by atoms with Gasteiger partial charge in [0.25, 0.3) is 5.91 Å². The predicted octanol–water partition coefficient (Wildman–Crippen LogP) is 4.14. The van der Waals surface area contributed by atoms with Gasteiger partial charge in [-0.1, -0.05) is 0 Å². The van der Waals surface area contributed by atoms with Crippen molar-refractivity contribution in [2.45, 2.75) is 31.5 Å². The topological polar surface area (TPSA) is 110 Å². The number of aromatic nitrogens is 3. The van der Waals surface area contributed by atoms with E-state index in [1.807, 2.05) is 29.6 Å². The Hall–Kier alpha value is -3.81. The molecule has 1 atom stereocenters. The van der Waals surface area contributed by atoms with Crippen LogP contribution in [0.4, 0.5) is 15.2 Å². The number of pyridine rings is 1. The van der Waals surface area contributed by atoms with Crippen molar-refractivity contribution in [3.63, 3.8) is 0 Å². The van der Waals surface area contributed by atoms with Gasteiger partial charge in [0.05, 0.1) is 31.1 Å². The molecule has 214 valence electrons. The number of nitrogens with zero attached hydrogens (tertiary/aromatic N) is 5. The first-order chi connectivity index (χ1) is 19.7. The molecule has 1 N–H and O–H groups in total. The van der Waals surface area contributed by atoms with E-state index in [1.54, 1.807) is 29.0 Å². The van der Waals surface area contributed by atoms with E-state index in [0.717, 1.165) is 30.8 Å². The monoisotopic (exact) mass is 596 g/mol. The molecule has 41 heavy (non-hydrogen) atoms. The summed E-state index contributed by atoms with van der Waals surface area (Å²) in [5.74, 6) is -0.131. The molecule has 2 fully saturated rings. The van der Waals surface area contributed by atoms with Crippen LogP contribution in [0.1, 0.15) is 40.6 Å². The second-order valence-corrected chi connectivity index (χ2v) is 13.0. The van der Waals surface area contributed by atoms with Gasteiger partial charge in [-0.3, -0.25) is 10.1 Å². The molecule has 0 aliphatic carbocycles. The number of amides is 1. The zero-order valence-electron chi connectivity index (χ0n) is 22.3. The number of halogens is 1. The van der Waals surface area contributed by atoms with E-state index in [-0.39, 0.29) is 18.1 Å². The molecule has 0 spiro atoms. The van der Waals surface area contributed by atoms with Crippen molar-refractivity contribution in [3.8, 4) is 5.75 Å². The van der Waals surface area contributed by atoms with Gasteiger partial charge in [0.1, 0.15) is 17.5 Å². The van der Waals surface area contributed by atoms with Crippen LogP contribution in [0.3, 0.4) is 0 Å². The van der Waals surface area contributed by atoms with Crippen LogP contribution in [0.2, 0.25) is 0 Å². The molecule has 0 saturated carbocycles. The summed E-state index contributed by atoms with van der Waals surface area (Å²) in [5.41, 5.74) is 3.12. The second kappa shape index (κ2) is 11.2. The third kappa shape index (κ3) is 6.11. The Labute approximate surface area is 241 Å². The number of carbonyl (C=O) groups excluding carboxylic acids is 1. The SMILES string of the molecule is CS(=O)(=O)N1CC(Oc2ccc(N3CCC[C@@H]3c3csc(NC(=O)c4cccn4Cc4ccnc(F)c4)n3)cc2)C1. The van der Waals surface area contributed by atoms with Crippen molar-refractivity contribution in [2.24, 2.45) is 0 Å². The summed E-state index contributed by atoms with van der Waals surface area (Å²) >= 11 is 1.39. The molecular weight excluding hydrogens is 567 g/mol. The molecule has 1 amide bonds. The zero-order chi connectivity index (χ0) is 28.6. The van der Waals surface area contributed by atoms with Crippen LogP contribution in [0.5, 0.6) is 5.75 Å². The molecule has 2 aliphatic rings. The summed E-state index contributed by atoms with van der Waals surface area (Å²) in [5, 5.41) is 5.42. The summed E-state index contributed by atoms with van der Waals surface area (Å²) in [6.07, 6.45) is 6.23. The lowest BCUT2D eigenvalue weighted by Crippen LogP contribution is -2.55. The average Bonchev–Trinajstić information content (AvgIpc) is 3.67. The highest BCUT2D eigenvalue weighted by molar-refractivity contribution is 7.88. The lowest BCUT2D eigenvalue weighted by Gasteiger charge is -2.37. The van der Waals surface area contributed by atoms with E-state index in [9.17, 15) is 17.6 Å². The lowest BCUT2D eigenvalue weighted by molar-refractivity contribution is 0.0767. The van der Waals surface area contributed by atoms with Crippen LogP contribution in [-0.2, 0) is 16.6 Å². The summed E-state index contributed by atoms with van der Waals surface area (Å²) in [6, 6.07) is 14.5. The Morgan fingerprint density at radius 2 is 2.00 bits per heavy atom. The molecule has 10 nitrogen and oxygen atoms in total. The fourth-order valence-electron chi connectivity index (χ4n) is 5.19. The maximum Gasteiger partial charge on any atom is 0.274 e. The first-order valence-electron chi connectivity index (χ1n) is 13.2. The standard InChI is InChI=1S/C28H29FN6O4S2/c1-41(37,38)34-16-22(17-34)39-21-8-6-20(7-9-21)35-13-3-4-24(35)23-18-40-28(31-23)32-27(36)25-5-2-12-33(25)15-19-10-11-30-26(29)14-19/h2,5-12,14,18,22,24H,3-4,13,15-17H2,1H3,(H,31,32,36)/t24-/m1/s1. The van der Waals surface area contributed by atoms with Crippen molar-refractivity contribution in [2.75, 3.05) is 36.1 Å². The number of nitrogens with one attached hydrogen (secondary N) is 1. The molecule has 13 heteroatoms. The quantitative estimate of drug-likeness (QED) is 0.289. The number of hydrogen-bond donors (Lipinski definition) is 1. The Morgan fingerprint density at radius 1 is 1.20 bits per heavy atom. The zero-order valence-corrected chi connectivity index (χ0v) is 23.9. The summed E-state index contributed by atoms with van der Waals surface area (Å²) < 4.78 is 45.7. The van der Waals surface area contributed by atoms with Crippen LogP contribution in [0, 0.1) is 5.95 Å². The van der Waals surface area contributed by atoms with Crippen molar-refractivity contribution in [3.05, 3.63) is 89.2 Å². The first kappa shape index (κ1) is 27.4. The Kier molecular flexibility index (Phi) is 7.49. The fraction of sp³-hybridized carbons (Fsp3) is 0.321. The highest BCUT2D eigenvalue weighted by Gasteiger charge is 2.35. The minimum atomic E-state index is -3.17. The first-order valence-corrected chi connectivity index (χ1v) is 16.0. The number of hydrogen-bond acceptors (Lipinski definition) is 8. The van der Waals surface area contributed by atoms with Gasteiger partial charge in [-0.05, 0) is 66.9 Å². The Bertz CT molecular complexity index is 1650. The van der Waals surface area contributed by atoms with Crippen molar-refractivity contribution < 1.29 is 22.3 Å². The molecule has 2 saturated heterocycles. The smallest absolute Gasteiger partial charge is 0.274 e. The molecule has 5 heterocycles. The minimum Gasteiger partial charge on any atom is -0.488 e. The van der Waals surface area contributed by atoms with Crippen molar-refractivity contribution >= 4 is 38.1 Å². The number of ether oxygens (including phenoxy) is 1. The lowest BCUT2D eigenvalue weighted by atomic mass is 10.1. The predicted molar refractivity (Wildman–Crippen MR) is 154 cm³/mol. The number of rotatable bonds is 9. The number of benzene rings is 1. The van der Waals surface area contributed by atoms with E-state index in [1.165, 1.54) is 34.2 Å². The molecular formula is C28H29FN6O4S2. The van der Waals surface area contributed by atoms with Crippen LogP contribution in [-0.4, -0.2) is 65.2 Å². The van der Waals surface area contributed by atoms with E-state index >= 15 is 0 Å². The van der Waals surface area contributed by atoms with Crippen LogP contribution in [0.15, 0.2) is 66.3 Å². The van der Waals surface area contributed by atoms with Crippen LogP contribution in [0.25, 0.3) is 0 Å². The van der Waals surface area contributed by atoms with Crippen molar-refractivity contribution in [1.29, 1.82) is 0 Å². The molecule has 0 bridgehead atoms. The third-order valence-electron chi connectivity index (χ3n) is 7.30. The van der Waals surface area contributed by atoms with Gasteiger partial charge in [-0.25, -0.2) is 18.4 Å². The van der Waals surface area contributed by atoms with Gasteiger partial charge >= 0.3 is 0 Å². The molecule has 3 aromatic heterocycles. The Balaban J connectivity index is 1.08. The molecule has 4 aromatic rings. The van der Waals surface area contributed by atoms with E-state index in [2.05, 4.69) is 15.2 Å². The molecule has 2 aliphatic heterocycles. The maximum atomic E-state index is 13.5. The normalized spacial score (nSPS) is 17.9. The van der Waals surface area contributed by atoms with Gasteiger partial charge in [-0.15, -0.1) is 11.3 Å². The fourth-order valence-corrected chi connectivity index (χ4v) is 6.82. The third-order valence-corrected chi connectivity index (χ3v) is 9.31. The summed E-state index contributed by atoms with van der Waals surface area (Å²) in [7, 11) is -3.17. The average molecular weight is 597 g/mol. The van der Waals surface area contributed by atoms with Crippen molar-refractivity contribution in [1.82, 2.24) is 18.8 Å².